The highest BCUT2D eigenvalue weighted by Crippen LogP contribution is 2.43. The van der Waals surface area contributed by atoms with Crippen LogP contribution in [-0.4, -0.2) is 39.0 Å². The van der Waals surface area contributed by atoms with Crippen LogP contribution in [0.25, 0.3) is 0 Å². The predicted octanol–water partition coefficient (Wildman–Crippen LogP) is 3.51. The second kappa shape index (κ2) is 7.88. The van der Waals surface area contributed by atoms with Crippen LogP contribution in [0.15, 0.2) is 29.8 Å². The van der Waals surface area contributed by atoms with Gasteiger partial charge in [-0.2, -0.15) is 13.2 Å². The highest BCUT2D eigenvalue weighted by molar-refractivity contribution is 5.94. The van der Waals surface area contributed by atoms with Crippen LogP contribution in [-0.2, 0) is 20.5 Å². The summed E-state index contributed by atoms with van der Waals surface area (Å²) in [6.07, 6.45) is -1.65. The van der Waals surface area contributed by atoms with Gasteiger partial charge < -0.3 is 9.47 Å². The molecule has 25 heavy (non-hydrogen) atoms. The van der Waals surface area contributed by atoms with Gasteiger partial charge in [0.1, 0.15) is 5.75 Å². The Kier molecular flexibility index (Phi) is 6.07. The fraction of sp³-hybridized carbons (Fsp3) is 0.471. The number of amides is 1. The average Bonchev–Trinajstić information content (AvgIpc) is 3.06. The summed E-state index contributed by atoms with van der Waals surface area (Å²) in [4.78, 5) is 17.3. The Hall–Kier alpha value is -2.06. The van der Waals surface area contributed by atoms with Crippen molar-refractivity contribution in [2.45, 2.75) is 24.9 Å². The molecule has 1 aromatic carbocycles. The van der Waals surface area contributed by atoms with Crippen LogP contribution in [0.3, 0.4) is 0 Å². The van der Waals surface area contributed by atoms with Gasteiger partial charge >= 0.3 is 6.18 Å². The molecule has 0 aromatic heterocycles. The zero-order chi connectivity index (χ0) is 18.6. The number of hydrogen-bond acceptors (Lipinski definition) is 4. The SMILES string of the molecule is COCOc1ccc(C(F)(F)F)cc1[C@@H]1CCC=C1C(=O)N(C)OC. The fourth-order valence-corrected chi connectivity index (χ4v) is 2.78. The zero-order valence-corrected chi connectivity index (χ0v) is 14.2. The lowest BCUT2D eigenvalue weighted by atomic mass is 9.90. The first-order valence-electron chi connectivity index (χ1n) is 7.64. The minimum absolute atomic E-state index is 0.101. The van der Waals surface area contributed by atoms with Crippen LogP contribution < -0.4 is 4.74 Å². The van der Waals surface area contributed by atoms with Gasteiger partial charge in [0.05, 0.1) is 12.7 Å². The summed E-state index contributed by atoms with van der Waals surface area (Å²) in [7, 11) is 4.22. The highest BCUT2D eigenvalue weighted by atomic mass is 19.4. The molecule has 0 unspecified atom stereocenters. The number of benzene rings is 1. The quantitative estimate of drug-likeness (QED) is 0.576. The number of hydroxylamine groups is 2. The molecular weight excluding hydrogens is 339 g/mol. The van der Waals surface area contributed by atoms with Crippen molar-refractivity contribution >= 4 is 5.91 Å². The van der Waals surface area contributed by atoms with Crippen LogP contribution >= 0.6 is 0 Å². The molecular formula is C17H20F3NO4. The number of rotatable bonds is 6. The summed E-state index contributed by atoms with van der Waals surface area (Å²) in [6, 6.07) is 3.25. The maximum atomic E-state index is 13.1. The van der Waals surface area contributed by atoms with Crippen molar-refractivity contribution in [3.8, 4) is 5.75 Å². The molecule has 0 spiro atoms. The first-order valence-corrected chi connectivity index (χ1v) is 7.64. The lowest BCUT2D eigenvalue weighted by molar-refractivity contribution is -0.164. The Balaban J connectivity index is 2.43. The van der Waals surface area contributed by atoms with Gasteiger partial charge in [-0.3, -0.25) is 9.63 Å². The number of ether oxygens (including phenoxy) is 2. The van der Waals surface area contributed by atoms with E-state index in [4.69, 9.17) is 14.3 Å². The number of carbonyl (C=O) groups excluding carboxylic acids is 1. The summed E-state index contributed by atoms with van der Waals surface area (Å²) < 4.78 is 49.6. The minimum atomic E-state index is -4.48. The largest absolute Gasteiger partial charge is 0.467 e. The van der Waals surface area contributed by atoms with Crippen LogP contribution in [0, 0.1) is 0 Å². The van der Waals surface area contributed by atoms with Gasteiger partial charge in [0.2, 0.25) is 0 Å². The molecule has 2 rings (SSSR count). The normalized spacial score (nSPS) is 17.4. The number of methoxy groups -OCH3 is 1. The number of likely N-dealkylation sites (N-methyl/N-ethyl adjacent to an activating group) is 1. The molecule has 5 nitrogen and oxygen atoms in total. The Bertz CT molecular complexity index is 658. The molecule has 8 heteroatoms. The van der Waals surface area contributed by atoms with Gasteiger partial charge in [-0.25, -0.2) is 5.06 Å². The van der Waals surface area contributed by atoms with E-state index >= 15 is 0 Å². The van der Waals surface area contributed by atoms with Crippen LogP contribution in [0.5, 0.6) is 5.75 Å². The van der Waals surface area contributed by atoms with Crippen LogP contribution in [0.4, 0.5) is 13.2 Å². The molecule has 0 saturated heterocycles. The molecule has 1 aromatic rings. The van der Waals surface area contributed by atoms with E-state index in [1.54, 1.807) is 6.08 Å². The molecule has 0 radical (unpaired) electrons. The highest BCUT2D eigenvalue weighted by Gasteiger charge is 2.35. The second-order valence-corrected chi connectivity index (χ2v) is 5.58. The Morgan fingerprint density at radius 2 is 2.04 bits per heavy atom. The Morgan fingerprint density at radius 3 is 2.64 bits per heavy atom. The molecule has 138 valence electrons. The third kappa shape index (κ3) is 4.32. The van der Waals surface area contributed by atoms with E-state index in [1.807, 2.05) is 0 Å². The number of allylic oxidation sites excluding steroid dienone is 1. The molecule has 0 bridgehead atoms. The third-order valence-electron chi connectivity index (χ3n) is 4.05. The van der Waals surface area contributed by atoms with Gasteiger partial charge in [0.15, 0.2) is 6.79 Å². The Morgan fingerprint density at radius 1 is 1.32 bits per heavy atom. The Labute approximate surface area is 143 Å². The van der Waals surface area contributed by atoms with Crippen LogP contribution in [0.1, 0.15) is 29.9 Å². The van der Waals surface area contributed by atoms with Crippen molar-refractivity contribution in [1.82, 2.24) is 5.06 Å². The number of alkyl halides is 3. The van der Waals surface area contributed by atoms with E-state index in [-0.39, 0.29) is 18.4 Å². The van der Waals surface area contributed by atoms with E-state index in [1.165, 1.54) is 27.3 Å². The fourth-order valence-electron chi connectivity index (χ4n) is 2.78. The van der Waals surface area contributed by atoms with E-state index < -0.39 is 17.7 Å². The summed E-state index contributed by atoms with van der Waals surface area (Å²) in [6.45, 7) is -0.101. The molecule has 1 atom stereocenters. The summed E-state index contributed by atoms with van der Waals surface area (Å²) >= 11 is 0. The lowest BCUT2D eigenvalue weighted by Gasteiger charge is -2.22. The topological polar surface area (TPSA) is 48.0 Å². The molecule has 0 heterocycles. The summed E-state index contributed by atoms with van der Waals surface area (Å²) in [5, 5.41) is 1.05. The van der Waals surface area contributed by atoms with Crippen molar-refractivity contribution in [3.05, 3.63) is 41.0 Å². The molecule has 0 aliphatic heterocycles. The molecule has 1 aliphatic carbocycles. The predicted molar refractivity (Wildman–Crippen MR) is 83.8 cm³/mol. The average molecular weight is 359 g/mol. The third-order valence-corrected chi connectivity index (χ3v) is 4.05. The lowest BCUT2D eigenvalue weighted by Crippen LogP contribution is -2.28. The van der Waals surface area contributed by atoms with Gasteiger partial charge in [0, 0.05) is 31.2 Å². The minimum Gasteiger partial charge on any atom is -0.467 e. The number of nitrogens with zero attached hydrogens (tertiary/aromatic N) is 1. The van der Waals surface area contributed by atoms with Crippen molar-refractivity contribution < 1.29 is 32.3 Å². The molecule has 0 N–H and O–H groups in total. The van der Waals surface area contributed by atoms with Gasteiger partial charge in [0.25, 0.3) is 5.91 Å². The van der Waals surface area contributed by atoms with Crippen molar-refractivity contribution in [2.24, 2.45) is 0 Å². The molecule has 1 aliphatic rings. The van der Waals surface area contributed by atoms with E-state index in [0.717, 1.165) is 17.2 Å². The molecule has 0 fully saturated rings. The number of halogens is 3. The standard InChI is InChI=1S/C17H20F3NO4/c1-21(24-3)16(22)13-6-4-5-12(13)14-9-11(17(18,19)20)7-8-15(14)25-10-23-2/h6-9,12H,4-5,10H2,1-3H3/t12-/m1/s1. The first-order chi connectivity index (χ1) is 11.8. The van der Waals surface area contributed by atoms with Crippen molar-refractivity contribution in [1.29, 1.82) is 0 Å². The van der Waals surface area contributed by atoms with Crippen LogP contribution in [0.2, 0.25) is 0 Å². The number of hydrogen-bond donors (Lipinski definition) is 0. The summed E-state index contributed by atoms with van der Waals surface area (Å²) in [5.74, 6) is -0.625. The van der Waals surface area contributed by atoms with Gasteiger partial charge in [-0.15, -0.1) is 0 Å². The van der Waals surface area contributed by atoms with E-state index in [0.29, 0.717) is 24.0 Å². The molecule has 0 saturated carbocycles. The first kappa shape index (κ1) is 19.3. The molecule has 1 amide bonds. The monoisotopic (exact) mass is 359 g/mol. The van der Waals surface area contributed by atoms with E-state index in [2.05, 4.69) is 0 Å². The number of carbonyl (C=O) groups is 1. The van der Waals surface area contributed by atoms with Crippen molar-refractivity contribution in [2.75, 3.05) is 28.1 Å². The second-order valence-electron chi connectivity index (χ2n) is 5.58. The maximum Gasteiger partial charge on any atom is 0.416 e. The van der Waals surface area contributed by atoms with E-state index in [9.17, 15) is 18.0 Å². The van der Waals surface area contributed by atoms with Gasteiger partial charge in [-0.1, -0.05) is 6.08 Å². The maximum absolute atomic E-state index is 13.1. The zero-order valence-electron chi connectivity index (χ0n) is 14.2. The summed E-state index contributed by atoms with van der Waals surface area (Å²) in [5.41, 5.74) is -0.0783. The van der Waals surface area contributed by atoms with Gasteiger partial charge in [-0.05, 0) is 31.0 Å². The smallest absolute Gasteiger partial charge is 0.416 e. The van der Waals surface area contributed by atoms with Crippen molar-refractivity contribution in [3.63, 3.8) is 0 Å².